The quantitative estimate of drug-likeness (QED) is 0.788. The molecule has 1 aromatic carbocycles. The average Bonchev–Trinajstić information content (AvgIpc) is 2.30. The predicted molar refractivity (Wildman–Crippen MR) is 73.9 cm³/mol. The van der Waals surface area contributed by atoms with Crippen LogP contribution in [-0.4, -0.2) is 19.7 Å². The number of hydrogen-bond donors (Lipinski definition) is 2. The van der Waals surface area contributed by atoms with Crippen molar-refractivity contribution >= 4 is 17.3 Å². The molecular weight excluding hydrogens is 236 g/mol. The highest BCUT2D eigenvalue weighted by atomic mass is 35.5. The lowest BCUT2D eigenvalue weighted by Crippen LogP contribution is -2.15. The third kappa shape index (κ3) is 4.84. The molecule has 0 aliphatic rings. The van der Waals surface area contributed by atoms with Crippen molar-refractivity contribution in [3.8, 4) is 5.75 Å². The monoisotopic (exact) mass is 256 g/mol. The fraction of sp³-hybridized carbons (Fsp3) is 0.538. The summed E-state index contributed by atoms with van der Waals surface area (Å²) in [4.78, 5) is 0. The van der Waals surface area contributed by atoms with Gasteiger partial charge in [-0.2, -0.15) is 0 Å². The average molecular weight is 257 g/mol. The van der Waals surface area contributed by atoms with Crippen LogP contribution in [0.2, 0.25) is 5.02 Å². The summed E-state index contributed by atoms with van der Waals surface area (Å²) in [6.45, 7) is 6.38. The second-order valence-electron chi connectivity index (χ2n) is 4.14. The molecule has 0 radical (unpaired) electrons. The van der Waals surface area contributed by atoms with E-state index in [4.69, 9.17) is 22.1 Å². The predicted octanol–water partition coefficient (Wildman–Crippen LogP) is 3.14. The number of nitrogens with one attached hydrogen (secondary N) is 1. The second-order valence-corrected chi connectivity index (χ2v) is 4.55. The van der Waals surface area contributed by atoms with Crippen molar-refractivity contribution in [3.63, 3.8) is 0 Å². The maximum atomic E-state index is 6.10. The zero-order valence-corrected chi connectivity index (χ0v) is 11.3. The van der Waals surface area contributed by atoms with Crippen molar-refractivity contribution < 1.29 is 4.74 Å². The Bertz CT molecular complexity index is 344. The molecule has 0 saturated carbocycles. The molecule has 0 amide bonds. The fourth-order valence-electron chi connectivity index (χ4n) is 1.56. The summed E-state index contributed by atoms with van der Waals surface area (Å²) in [6, 6.07) is 5.76. The first-order valence-corrected chi connectivity index (χ1v) is 6.41. The lowest BCUT2D eigenvalue weighted by molar-refractivity contribution is 0.340. The van der Waals surface area contributed by atoms with Gasteiger partial charge < -0.3 is 15.8 Å². The van der Waals surface area contributed by atoms with Crippen molar-refractivity contribution in [1.82, 2.24) is 0 Å². The Kier molecular flexibility index (Phi) is 6.16. The summed E-state index contributed by atoms with van der Waals surface area (Å²) in [6.07, 6.45) is 1.03. The van der Waals surface area contributed by atoms with E-state index in [9.17, 15) is 0 Å². The molecule has 0 fully saturated rings. The maximum absolute atomic E-state index is 6.10. The number of rotatable bonds is 7. The Morgan fingerprint density at radius 1 is 1.47 bits per heavy atom. The van der Waals surface area contributed by atoms with Crippen LogP contribution in [0.1, 0.15) is 20.3 Å². The smallest absolute Gasteiger partial charge is 0.138 e. The SMILES string of the molecule is CCOc1ccc(NCC(C)CCN)cc1Cl. The molecular formula is C13H21ClN2O. The van der Waals surface area contributed by atoms with Gasteiger partial charge in [-0.3, -0.25) is 0 Å². The molecule has 0 saturated heterocycles. The first-order valence-electron chi connectivity index (χ1n) is 6.03. The number of anilines is 1. The van der Waals surface area contributed by atoms with Crippen molar-refractivity contribution in [2.45, 2.75) is 20.3 Å². The summed E-state index contributed by atoms with van der Waals surface area (Å²) < 4.78 is 5.38. The normalized spacial score (nSPS) is 12.2. The molecule has 0 heterocycles. The molecule has 0 aliphatic carbocycles. The van der Waals surface area contributed by atoms with Crippen molar-refractivity contribution in [1.29, 1.82) is 0 Å². The van der Waals surface area contributed by atoms with Gasteiger partial charge in [0.05, 0.1) is 11.6 Å². The van der Waals surface area contributed by atoms with Gasteiger partial charge in [0.25, 0.3) is 0 Å². The third-order valence-electron chi connectivity index (χ3n) is 2.55. The first kappa shape index (κ1) is 14.1. The van der Waals surface area contributed by atoms with Crippen molar-refractivity contribution in [2.75, 3.05) is 25.0 Å². The minimum atomic E-state index is 0.561. The van der Waals surface area contributed by atoms with Crippen LogP contribution >= 0.6 is 11.6 Å². The van der Waals surface area contributed by atoms with E-state index < -0.39 is 0 Å². The van der Waals surface area contributed by atoms with Crippen LogP contribution in [0.5, 0.6) is 5.75 Å². The van der Waals surface area contributed by atoms with Crippen LogP contribution in [0.25, 0.3) is 0 Å². The molecule has 1 unspecified atom stereocenters. The van der Waals surface area contributed by atoms with Crippen LogP contribution < -0.4 is 15.8 Å². The second kappa shape index (κ2) is 7.41. The van der Waals surface area contributed by atoms with E-state index in [0.717, 1.165) is 30.9 Å². The Labute approximate surface area is 108 Å². The van der Waals surface area contributed by atoms with E-state index in [1.165, 1.54) is 0 Å². The zero-order chi connectivity index (χ0) is 12.7. The highest BCUT2D eigenvalue weighted by Crippen LogP contribution is 2.27. The Hall–Kier alpha value is -0.930. The van der Waals surface area contributed by atoms with E-state index >= 15 is 0 Å². The van der Waals surface area contributed by atoms with Gasteiger partial charge in [-0.05, 0) is 44.0 Å². The topological polar surface area (TPSA) is 47.3 Å². The minimum absolute atomic E-state index is 0.561. The van der Waals surface area contributed by atoms with Gasteiger partial charge in [0.1, 0.15) is 5.75 Å². The standard InChI is InChI=1S/C13H21ClN2O/c1-3-17-13-5-4-11(8-12(13)14)16-9-10(2)6-7-15/h4-5,8,10,16H,3,6-7,9,15H2,1-2H3. The lowest BCUT2D eigenvalue weighted by atomic mass is 10.1. The Balaban J connectivity index is 2.52. The van der Waals surface area contributed by atoms with Gasteiger partial charge in [-0.15, -0.1) is 0 Å². The number of hydrogen-bond acceptors (Lipinski definition) is 3. The number of nitrogens with two attached hydrogens (primary N) is 1. The van der Waals surface area contributed by atoms with Crippen molar-refractivity contribution in [3.05, 3.63) is 23.2 Å². The largest absolute Gasteiger partial charge is 0.492 e. The summed E-state index contributed by atoms with van der Waals surface area (Å²) in [5.41, 5.74) is 6.53. The molecule has 1 atom stereocenters. The Morgan fingerprint density at radius 3 is 2.82 bits per heavy atom. The van der Waals surface area contributed by atoms with Crippen LogP contribution in [0, 0.1) is 5.92 Å². The minimum Gasteiger partial charge on any atom is -0.492 e. The molecule has 1 aromatic rings. The van der Waals surface area contributed by atoms with E-state index in [1.54, 1.807) is 0 Å². The zero-order valence-electron chi connectivity index (χ0n) is 10.5. The summed E-state index contributed by atoms with van der Waals surface area (Å²) in [5.74, 6) is 1.29. The highest BCUT2D eigenvalue weighted by molar-refractivity contribution is 6.32. The summed E-state index contributed by atoms with van der Waals surface area (Å²) in [7, 11) is 0. The molecule has 4 heteroatoms. The van der Waals surface area contributed by atoms with Crippen LogP contribution in [0.15, 0.2) is 18.2 Å². The first-order chi connectivity index (χ1) is 8.17. The maximum Gasteiger partial charge on any atom is 0.138 e. The van der Waals surface area contributed by atoms with Crippen molar-refractivity contribution in [2.24, 2.45) is 11.7 Å². The van der Waals surface area contributed by atoms with E-state index in [2.05, 4.69) is 12.2 Å². The molecule has 0 bridgehead atoms. The van der Waals surface area contributed by atoms with Gasteiger partial charge in [-0.25, -0.2) is 0 Å². The Morgan fingerprint density at radius 2 is 2.24 bits per heavy atom. The van der Waals surface area contributed by atoms with Gasteiger partial charge in [0, 0.05) is 12.2 Å². The van der Waals surface area contributed by atoms with Crippen LogP contribution in [0.4, 0.5) is 5.69 Å². The molecule has 3 nitrogen and oxygen atoms in total. The summed E-state index contributed by atoms with van der Waals surface area (Å²) in [5, 5.41) is 3.99. The number of halogens is 1. The molecule has 0 aliphatic heterocycles. The van der Waals surface area contributed by atoms with E-state index in [0.29, 0.717) is 17.5 Å². The summed E-state index contributed by atoms with van der Waals surface area (Å²) >= 11 is 6.10. The molecule has 3 N–H and O–H groups in total. The lowest BCUT2D eigenvalue weighted by Gasteiger charge is -2.13. The molecule has 0 spiro atoms. The van der Waals surface area contributed by atoms with Crippen LogP contribution in [0.3, 0.4) is 0 Å². The molecule has 96 valence electrons. The highest BCUT2D eigenvalue weighted by Gasteiger charge is 2.04. The third-order valence-corrected chi connectivity index (χ3v) is 2.84. The molecule has 1 rings (SSSR count). The number of benzene rings is 1. The van der Waals surface area contributed by atoms with Gasteiger partial charge in [-0.1, -0.05) is 18.5 Å². The van der Waals surface area contributed by atoms with E-state index in [1.807, 2.05) is 25.1 Å². The van der Waals surface area contributed by atoms with Crippen LogP contribution in [-0.2, 0) is 0 Å². The molecule has 17 heavy (non-hydrogen) atoms. The van der Waals surface area contributed by atoms with Gasteiger partial charge in [0.15, 0.2) is 0 Å². The molecule has 0 aromatic heterocycles. The fourth-order valence-corrected chi connectivity index (χ4v) is 1.80. The van der Waals surface area contributed by atoms with Gasteiger partial charge >= 0.3 is 0 Å². The van der Waals surface area contributed by atoms with E-state index in [-0.39, 0.29) is 0 Å². The number of ether oxygens (including phenoxy) is 1. The van der Waals surface area contributed by atoms with Gasteiger partial charge in [0.2, 0.25) is 0 Å².